The van der Waals surface area contributed by atoms with Gasteiger partial charge in [-0.3, -0.25) is 9.59 Å². The Morgan fingerprint density at radius 3 is 2.79 bits per heavy atom. The molecular weight excluding hydrogens is 312 g/mol. The summed E-state index contributed by atoms with van der Waals surface area (Å²) in [4.78, 5) is 28.5. The summed E-state index contributed by atoms with van der Waals surface area (Å²) >= 11 is 0. The quantitative estimate of drug-likeness (QED) is 0.759. The van der Waals surface area contributed by atoms with Gasteiger partial charge in [0, 0.05) is 19.0 Å². The molecule has 1 N–H and O–H groups in total. The molecule has 0 aromatic rings. The van der Waals surface area contributed by atoms with Gasteiger partial charge < -0.3 is 24.4 Å². The zero-order valence-corrected chi connectivity index (χ0v) is 14.0. The van der Waals surface area contributed by atoms with Crippen LogP contribution in [0.3, 0.4) is 0 Å². The molecule has 2 saturated heterocycles. The van der Waals surface area contributed by atoms with Gasteiger partial charge in [-0.2, -0.15) is 0 Å². The zero-order chi connectivity index (χ0) is 16.7. The highest BCUT2D eigenvalue weighted by Gasteiger charge is 2.46. The van der Waals surface area contributed by atoms with E-state index in [0.29, 0.717) is 51.6 Å². The van der Waals surface area contributed by atoms with Crippen LogP contribution in [0.5, 0.6) is 0 Å². The summed E-state index contributed by atoms with van der Waals surface area (Å²) < 4.78 is 11.6. The Morgan fingerprint density at radius 2 is 2.08 bits per heavy atom. The topological polar surface area (TPSA) is 79.3 Å². The lowest BCUT2D eigenvalue weighted by Gasteiger charge is -2.44. The van der Waals surface area contributed by atoms with Crippen molar-refractivity contribution in [3.63, 3.8) is 0 Å². The summed E-state index contributed by atoms with van der Waals surface area (Å²) in [5.41, 5.74) is -0.614. The van der Waals surface area contributed by atoms with E-state index in [1.807, 2.05) is 9.80 Å². The monoisotopic (exact) mass is 338 g/mol. The molecular formula is C17H26N2O5. The van der Waals surface area contributed by atoms with Crippen molar-refractivity contribution < 1.29 is 24.2 Å². The van der Waals surface area contributed by atoms with E-state index < -0.39 is 5.60 Å². The summed E-state index contributed by atoms with van der Waals surface area (Å²) in [6.07, 6.45) is 3.16. The number of aliphatic hydroxyl groups excluding tert-OH is 1. The fraction of sp³-hybridized carbons (Fsp3) is 0.882. The summed E-state index contributed by atoms with van der Waals surface area (Å²) in [6, 6.07) is 0. The number of amides is 2. The van der Waals surface area contributed by atoms with Crippen LogP contribution in [0.4, 0.5) is 0 Å². The number of nitrogens with zero attached hydrogens (tertiary/aromatic N) is 2. The highest BCUT2D eigenvalue weighted by Crippen LogP contribution is 2.33. The van der Waals surface area contributed by atoms with Gasteiger partial charge >= 0.3 is 0 Å². The maximum absolute atomic E-state index is 12.7. The van der Waals surface area contributed by atoms with Crippen LogP contribution >= 0.6 is 0 Å². The highest BCUT2D eigenvalue weighted by molar-refractivity contribution is 5.80. The average Bonchev–Trinajstić information content (AvgIpc) is 3.35. The number of morpholine rings is 1. The molecule has 2 saturated carbocycles. The van der Waals surface area contributed by atoms with E-state index in [9.17, 15) is 14.7 Å². The first kappa shape index (κ1) is 16.3. The molecule has 7 heteroatoms. The first-order valence-corrected chi connectivity index (χ1v) is 9.01. The molecule has 134 valence electrons. The Bertz CT molecular complexity index is 517. The van der Waals surface area contributed by atoms with Crippen LogP contribution in [0.2, 0.25) is 0 Å². The maximum Gasteiger partial charge on any atom is 0.248 e. The first-order chi connectivity index (χ1) is 11.5. The predicted octanol–water partition coefficient (Wildman–Crippen LogP) is -0.376. The van der Waals surface area contributed by atoms with Crippen molar-refractivity contribution in [2.45, 2.75) is 37.4 Å². The van der Waals surface area contributed by atoms with Gasteiger partial charge in [0.15, 0.2) is 0 Å². The van der Waals surface area contributed by atoms with E-state index >= 15 is 0 Å². The minimum atomic E-state index is -0.614. The van der Waals surface area contributed by atoms with E-state index in [1.54, 1.807) is 0 Å². The van der Waals surface area contributed by atoms with Gasteiger partial charge in [0.05, 0.1) is 32.4 Å². The van der Waals surface area contributed by atoms with E-state index in [0.717, 1.165) is 6.54 Å². The van der Waals surface area contributed by atoms with Crippen molar-refractivity contribution >= 4 is 11.8 Å². The molecule has 0 bridgehead atoms. The smallest absolute Gasteiger partial charge is 0.248 e. The van der Waals surface area contributed by atoms with E-state index in [2.05, 4.69) is 0 Å². The Kier molecular flexibility index (Phi) is 4.26. The number of carbonyl (C=O) groups is 2. The summed E-state index contributed by atoms with van der Waals surface area (Å²) in [5.74, 6) is 0.670. The second-order valence-electron chi connectivity index (χ2n) is 7.82. The molecule has 2 aliphatic carbocycles. The molecule has 0 radical (unpaired) electrons. The Hall–Kier alpha value is -1.18. The minimum absolute atomic E-state index is 0.0387. The molecule has 0 aromatic carbocycles. The fourth-order valence-corrected chi connectivity index (χ4v) is 3.89. The van der Waals surface area contributed by atoms with Gasteiger partial charge in [-0.05, 0) is 31.6 Å². The Morgan fingerprint density at radius 1 is 1.29 bits per heavy atom. The van der Waals surface area contributed by atoms with Crippen LogP contribution in [-0.2, 0) is 19.1 Å². The lowest BCUT2D eigenvalue weighted by molar-refractivity contribution is -0.175. The van der Waals surface area contributed by atoms with Crippen molar-refractivity contribution in [2.75, 3.05) is 46.0 Å². The number of aliphatic hydroxyl groups is 1. The van der Waals surface area contributed by atoms with Crippen LogP contribution in [-0.4, -0.2) is 84.4 Å². The molecule has 7 nitrogen and oxygen atoms in total. The summed E-state index contributed by atoms with van der Waals surface area (Å²) in [6.45, 7) is 3.29. The number of carbonyl (C=O) groups excluding carboxylic acids is 2. The Labute approximate surface area is 141 Å². The van der Waals surface area contributed by atoms with Gasteiger partial charge in [-0.15, -0.1) is 0 Å². The van der Waals surface area contributed by atoms with Gasteiger partial charge in [0.2, 0.25) is 11.8 Å². The zero-order valence-electron chi connectivity index (χ0n) is 14.0. The van der Waals surface area contributed by atoms with Crippen molar-refractivity contribution in [1.82, 2.24) is 9.80 Å². The lowest BCUT2D eigenvalue weighted by Crippen LogP contribution is -2.61. The molecule has 2 aliphatic heterocycles. The van der Waals surface area contributed by atoms with Gasteiger partial charge in [0.1, 0.15) is 12.2 Å². The van der Waals surface area contributed by atoms with E-state index in [1.165, 1.54) is 12.8 Å². The van der Waals surface area contributed by atoms with E-state index in [-0.39, 0.29) is 30.4 Å². The van der Waals surface area contributed by atoms with E-state index in [4.69, 9.17) is 9.47 Å². The van der Waals surface area contributed by atoms with Crippen LogP contribution in [0.15, 0.2) is 0 Å². The predicted molar refractivity (Wildman–Crippen MR) is 84.1 cm³/mol. The Balaban J connectivity index is 1.44. The normalized spacial score (nSPS) is 37.3. The molecule has 2 amide bonds. The third-order valence-electron chi connectivity index (χ3n) is 5.63. The maximum atomic E-state index is 12.7. The molecule has 1 spiro atoms. The number of ether oxygens (including phenoxy) is 2. The second-order valence-corrected chi connectivity index (χ2v) is 7.82. The first-order valence-electron chi connectivity index (χ1n) is 9.01. The molecule has 0 aromatic heterocycles. The van der Waals surface area contributed by atoms with Gasteiger partial charge in [0.25, 0.3) is 0 Å². The highest BCUT2D eigenvalue weighted by atomic mass is 16.6. The number of hydrogen-bond donors (Lipinski definition) is 1. The fourth-order valence-electron chi connectivity index (χ4n) is 3.89. The molecule has 2 heterocycles. The van der Waals surface area contributed by atoms with Crippen LogP contribution in [0, 0.1) is 11.8 Å². The van der Waals surface area contributed by atoms with Crippen molar-refractivity contribution in [2.24, 2.45) is 11.8 Å². The summed E-state index contributed by atoms with van der Waals surface area (Å²) in [5, 5.41) is 9.45. The van der Waals surface area contributed by atoms with Crippen molar-refractivity contribution in [3.8, 4) is 0 Å². The lowest BCUT2D eigenvalue weighted by atomic mass is 9.81. The molecule has 4 fully saturated rings. The number of hydrogen-bond acceptors (Lipinski definition) is 5. The second kappa shape index (κ2) is 6.28. The number of rotatable bonds is 3. The minimum Gasteiger partial charge on any atom is -0.393 e. The molecule has 4 rings (SSSR count). The summed E-state index contributed by atoms with van der Waals surface area (Å²) in [7, 11) is 0. The van der Waals surface area contributed by atoms with Crippen LogP contribution < -0.4 is 0 Å². The SMILES string of the molecule is O=C1COC2(COCCN(C(=O)C3CC(O)C3)C2)CN1CC1CC1. The van der Waals surface area contributed by atoms with Crippen LogP contribution in [0.1, 0.15) is 25.7 Å². The van der Waals surface area contributed by atoms with Crippen LogP contribution in [0.25, 0.3) is 0 Å². The largest absolute Gasteiger partial charge is 0.393 e. The van der Waals surface area contributed by atoms with Gasteiger partial charge in [-0.25, -0.2) is 0 Å². The standard InChI is InChI=1S/C17H26N2O5/c20-14-5-13(6-14)16(22)18-3-4-23-11-17(9-18)10-19(7-12-1-2-12)15(21)8-24-17/h12-14,20H,1-11H2. The molecule has 1 unspecified atom stereocenters. The average molecular weight is 338 g/mol. The molecule has 24 heavy (non-hydrogen) atoms. The van der Waals surface area contributed by atoms with Crippen molar-refractivity contribution in [3.05, 3.63) is 0 Å². The molecule has 1 atom stereocenters. The van der Waals surface area contributed by atoms with Crippen molar-refractivity contribution in [1.29, 1.82) is 0 Å². The molecule has 4 aliphatic rings. The van der Waals surface area contributed by atoms with Gasteiger partial charge in [-0.1, -0.05) is 0 Å². The third-order valence-corrected chi connectivity index (χ3v) is 5.63. The third kappa shape index (κ3) is 3.30.